The first kappa shape index (κ1) is 21.7. The number of nitrogens with one attached hydrogen (secondary N) is 2. The van der Waals surface area contributed by atoms with E-state index in [0.717, 1.165) is 51.5 Å². The fraction of sp³-hybridized carbons (Fsp3) is 0.833. The summed E-state index contributed by atoms with van der Waals surface area (Å²) in [5.41, 5.74) is 1.49. The molecule has 1 aliphatic heterocycles. The smallest absolute Gasteiger partial charge is 0.191 e. The summed E-state index contributed by atoms with van der Waals surface area (Å²) in [5, 5.41) is 6.94. The molecule has 2 aliphatic rings. The lowest BCUT2D eigenvalue weighted by atomic mass is 9.56. The number of aliphatic imine (C=N–C) groups is 1. The maximum atomic E-state index is 5.70. The maximum absolute atomic E-state index is 5.70. The van der Waals surface area contributed by atoms with Crippen molar-refractivity contribution in [2.24, 2.45) is 10.4 Å². The standard InChI is InChI=1S/C18H33N3O2.HI/c1-6-19-16(20-10-7-14-8-11-23-12-9-14)21-15-13-18(4,22-5)17(15,2)3;/h8,15H,6-7,9-13H2,1-5H3,(H2,19,20,21);1H. The van der Waals surface area contributed by atoms with E-state index in [4.69, 9.17) is 14.5 Å². The Kier molecular flexibility index (Phi) is 8.48. The van der Waals surface area contributed by atoms with Crippen molar-refractivity contribution in [3.05, 3.63) is 11.6 Å². The lowest BCUT2D eigenvalue weighted by Crippen LogP contribution is -2.69. The third-order valence-electron chi connectivity index (χ3n) is 5.69. The Balaban J connectivity index is 0.00000288. The molecule has 2 N–H and O–H groups in total. The number of methoxy groups -OCH3 is 1. The van der Waals surface area contributed by atoms with Gasteiger partial charge in [-0.1, -0.05) is 25.5 Å². The summed E-state index contributed by atoms with van der Waals surface area (Å²) in [7, 11) is 1.80. The average Bonchev–Trinajstić information content (AvgIpc) is 2.55. The molecule has 0 amide bonds. The molecule has 0 aromatic carbocycles. The number of guanidine groups is 1. The summed E-state index contributed by atoms with van der Waals surface area (Å²) in [5.74, 6) is 0.913. The number of halogens is 1. The molecular formula is C18H34IN3O2. The molecule has 0 radical (unpaired) electrons. The second-order valence-electron chi connectivity index (χ2n) is 7.26. The van der Waals surface area contributed by atoms with Crippen LogP contribution in [0.4, 0.5) is 0 Å². The molecule has 24 heavy (non-hydrogen) atoms. The highest BCUT2D eigenvalue weighted by Gasteiger charge is 2.58. The van der Waals surface area contributed by atoms with Gasteiger partial charge in [0, 0.05) is 31.7 Å². The van der Waals surface area contributed by atoms with Crippen molar-refractivity contribution in [3.63, 3.8) is 0 Å². The van der Waals surface area contributed by atoms with Crippen molar-refractivity contribution in [3.8, 4) is 0 Å². The van der Waals surface area contributed by atoms with Crippen molar-refractivity contribution >= 4 is 29.9 Å². The van der Waals surface area contributed by atoms with Crippen molar-refractivity contribution < 1.29 is 9.47 Å². The van der Waals surface area contributed by atoms with E-state index in [1.165, 1.54) is 5.57 Å². The largest absolute Gasteiger partial charge is 0.378 e. The normalized spacial score (nSPS) is 29.1. The summed E-state index contributed by atoms with van der Waals surface area (Å²) in [6.45, 7) is 12.1. The van der Waals surface area contributed by atoms with E-state index >= 15 is 0 Å². The molecule has 0 spiro atoms. The third-order valence-corrected chi connectivity index (χ3v) is 5.69. The fourth-order valence-electron chi connectivity index (χ4n) is 3.31. The zero-order chi connectivity index (χ0) is 16.9. The Morgan fingerprint density at radius 2 is 2.17 bits per heavy atom. The first-order valence-corrected chi connectivity index (χ1v) is 8.78. The van der Waals surface area contributed by atoms with E-state index < -0.39 is 0 Å². The molecule has 1 fully saturated rings. The van der Waals surface area contributed by atoms with Gasteiger partial charge in [0.25, 0.3) is 0 Å². The van der Waals surface area contributed by atoms with Gasteiger partial charge in [-0.3, -0.25) is 4.99 Å². The number of rotatable bonds is 6. The second kappa shape index (κ2) is 9.38. The Hall–Kier alpha value is -0.340. The number of hydrogen-bond acceptors (Lipinski definition) is 3. The van der Waals surface area contributed by atoms with Crippen LogP contribution in [-0.2, 0) is 9.47 Å². The zero-order valence-electron chi connectivity index (χ0n) is 15.8. The van der Waals surface area contributed by atoms with Crippen LogP contribution in [0.25, 0.3) is 0 Å². The predicted octanol–water partition coefficient (Wildman–Crippen LogP) is 3.10. The van der Waals surface area contributed by atoms with Gasteiger partial charge in [-0.2, -0.15) is 0 Å². The summed E-state index contributed by atoms with van der Waals surface area (Å²) in [6, 6.07) is 0.382. The van der Waals surface area contributed by atoms with Gasteiger partial charge >= 0.3 is 0 Å². The van der Waals surface area contributed by atoms with Crippen molar-refractivity contribution in [2.45, 2.75) is 58.6 Å². The van der Waals surface area contributed by atoms with Crippen LogP contribution in [0.5, 0.6) is 0 Å². The third kappa shape index (κ3) is 4.85. The summed E-state index contributed by atoms with van der Waals surface area (Å²) in [4.78, 5) is 4.74. The molecule has 0 bridgehead atoms. The van der Waals surface area contributed by atoms with Gasteiger partial charge in [-0.05, 0) is 33.1 Å². The van der Waals surface area contributed by atoms with E-state index in [1.807, 2.05) is 0 Å². The molecule has 0 aromatic rings. The molecule has 1 heterocycles. The number of nitrogens with zero attached hydrogens (tertiary/aromatic N) is 1. The van der Waals surface area contributed by atoms with Crippen LogP contribution in [0.2, 0.25) is 0 Å². The molecule has 2 unspecified atom stereocenters. The van der Waals surface area contributed by atoms with E-state index in [2.05, 4.69) is 44.4 Å². The highest BCUT2D eigenvalue weighted by molar-refractivity contribution is 14.0. The minimum atomic E-state index is -0.0606. The molecule has 1 saturated carbocycles. The lowest BCUT2D eigenvalue weighted by Gasteiger charge is -2.59. The molecule has 6 heteroatoms. The van der Waals surface area contributed by atoms with Crippen molar-refractivity contribution in [1.29, 1.82) is 0 Å². The molecule has 0 aromatic heterocycles. The summed E-state index contributed by atoms with van der Waals surface area (Å²) >= 11 is 0. The van der Waals surface area contributed by atoms with E-state index in [1.54, 1.807) is 7.11 Å². The first-order valence-electron chi connectivity index (χ1n) is 8.78. The van der Waals surface area contributed by atoms with Gasteiger partial charge < -0.3 is 20.1 Å². The molecule has 2 rings (SSSR count). The van der Waals surface area contributed by atoms with Gasteiger partial charge in [0.15, 0.2) is 5.96 Å². The lowest BCUT2D eigenvalue weighted by molar-refractivity contribution is -0.176. The van der Waals surface area contributed by atoms with E-state index in [-0.39, 0.29) is 35.0 Å². The second-order valence-corrected chi connectivity index (χ2v) is 7.26. The fourth-order valence-corrected chi connectivity index (χ4v) is 3.31. The first-order chi connectivity index (χ1) is 10.9. The molecule has 5 nitrogen and oxygen atoms in total. The monoisotopic (exact) mass is 451 g/mol. The number of ether oxygens (including phenoxy) is 2. The SMILES string of the molecule is CCNC(=NCCC1=CCOCC1)NC1CC(C)(OC)C1(C)C.I. The molecule has 140 valence electrons. The number of hydrogen-bond donors (Lipinski definition) is 2. The molecule has 1 aliphatic carbocycles. The molecular weight excluding hydrogens is 417 g/mol. The quantitative estimate of drug-likeness (QED) is 0.282. The summed E-state index contributed by atoms with van der Waals surface area (Å²) in [6.07, 6.45) is 5.26. The predicted molar refractivity (Wildman–Crippen MR) is 110 cm³/mol. The Labute approximate surface area is 164 Å². The highest BCUT2D eigenvalue weighted by Crippen LogP contribution is 2.51. The van der Waals surface area contributed by atoms with Crippen molar-refractivity contribution in [1.82, 2.24) is 10.6 Å². The maximum Gasteiger partial charge on any atom is 0.191 e. The Morgan fingerprint density at radius 1 is 1.42 bits per heavy atom. The average molecular weight is 451 g/mol. The molecule has 2 atom stereocenters. The van der Waals surface area contributed by atoms with Crippen LogP contribution in [0.3, 0.4) is 0 Å². The van der Waals surface area contributed by atoms with Gasteiger partial charge in [0.05, 0.1) is 18.8 Å². The topological polar surface area (TPSA) is 54.9 Å². The highest BCUT2D eigenvalue weighted by atomic mass is 127. The zero-order valence-corrected chi connectivity index (χ0v) is 18.1. The summed E-state index contributed by atoms with van der Waals surface area (Å²) < 4.78 is 11.0. The van der Waals surface area contributed by atoms with Gasteiger partial charge in [0.1, 0.15) is 0 Å². The van der Waals surface area contributed by atoms with Crippen LogP contribution in [0, 0.1) is 5.41 Å². The van der Waals surface area contributed by atoms with Crippen LogP contribution < -0.4 is 10.6 Å². The van der Waals surface area contributed by atoms with E-state index in [0.29, 0.717) is 6.04 Å². The minimum Gasteiger partial charge on any atom is -0.378 e. The van der Waals surface area contributed by atoms with Gasteiger partial charge in [-0.25, -0.2) is 0 Å². The van der Waals surface area contributed by atoms with Crippen LogP contribution in [-0.4, -0.2) is 51.0 Å². The Morgan fingerprint density at radius 3 is 2.71 bits per heavy atom. The van der Waals surface area contributed by atoms with Gasteiger partial charge in [0.2, 0.25) is 0 Å². The van der Waals surface area contributed by atoms with Crippen LogP contribution in [0.15, 0.2) is 16.6 Å². The van der Waals surface area contributed by atoms with Gasteiger partial charge in [-0.15, -0.1) is 24.0 Å². The Bertz CT molecular complexity index is 465. The minimum absolute atomic E-state index is 0. The molecule has 0 saturated heterocycles. The van der Waals surface area contributed by atoms with Crippen LogP contribution >= 0.6 is 24.0 Å². The van der Waals surface area contributed by atoms with Crippen LogP contribution in [0.1, 0.15) is 47.0 Å². The van der Waals surface area contributed by atoms with E-state index in [9.17, 15) is 0 Å². The van der Waals surface area contributed by atoms with Crippen molar-refractivity contribution in [2.75, 3.05) is 33.4 Å².